The van der Waals surface area contributed by atoms with E-state index in [1.807, 2.05) is 0 Å². The quantitative estimate of drug-likeness (QED) is 0.800. The van der Waals surface area contributed by atoms with Crippen LogP contribution in [0.4, 0.5) is 10.3 Å². The van der Waals surface area contributed by atoms with E-state index in [1.54, 1.807) is 10.7 Å². The zero-order valence-corrected chi connectivity index (χ0v) is 9.67. The van der Waals surface area contributed by atoms with Gasteiger partial charge in [0.1, 0.15) is 5.82 Å². The number of halogens is 1. The second-order valence-electron chi connectivity index (χ2n) is 4.51. The Balaban J connectivity index is 1.89. The number of phenols is 1. The van der Waals surface area contributed by atoms with Gasteiger partial charge in [-0.05, 0) is 24.1 Å². The Morgan fingerprint density at radius 3 is 3.06 bits per heavy atom. The number of hydrogen-bond acceptors (Lipinski definition) is 4. The van der Waals surface area contributed by atoms with Crippen LogP contribution in [0.25, 0.3) is 0 Å². The van der Waals surface area contributed by atoms with Crippen LogP contribution in [-0.4, -0.2) is 19.9 Å². The maximum atomic E-state index is 13.3. The summed E-state index contributed by atoms with van der Waals surface area (Å²) in [5.41, 5.74) is 6.42. The van der Waals surface area contributed by atoms with Crippen LogP contribution in [0, 0.1) is 5.82 Å². The Labute approximate surface area is 103 Å². The predicted molar refractivity (Wildman–Crippen MR) is 63.6 cm³/mol. The first kappa shape index (κ1) is 11.0. The molecule has 5 nitrogen and oxygen atoms in total. The van der Waals surface area contributed by atoms with Crippen LogP contribution in [0.15, 0.2) is 18.2 Å². The van der Waals surface area contributed by atoms with Crippen molar-refractivity contribution >= 4 is 5.95 Å². The summed E-state index contributed by atoms with van der Waals surface area (Å²) in [5.74, 6) is 0.427. The van der Waals surface area contributed by atoms with Crippen molar-refractivity contribution in [3.05, 3.63) is 35.4 Å². The topological polar surface area (TPSA) is 77.0 Å². The standard InChI is InChI=1S/C12H13FN4O/c13-9-5-7(1-3-10(9)18)8-2-4-11-15-12(14)16-17(11)6-8/h1,3,5,8,18H,2,4,6H2,(H2,14,16). The van der Waals surface area contributed by atoms with Crippen molar-refractivity contribution in [3.63, 3.8) is 0 Å². The number of aromatic hydroxyl groups is 1. The molecule has 0 amide bonds. The van der Waals surface area contributed by atoms with Gasteiger partial charge in [0.2, 0.25) is 5.95 Å². The van der Waals surface area contributed by atoms with Crippen molar-refractivity contribution < 1.29 is 9.50 Å². The molecule has 2 aromatic rings. The monoisotopic (exact) mass is 248 g/mol. The van der Waals surface area contributed by atoms with E-state index >= 15 is 0 Å². The molecule has 18 heavy (non-hydrogen) atoms. The highest BCUT2D eigenvalue weighted by atomic mass is 19.1. The molecule has 6 heteroatoms. The van der Waals surface area contributed by atoms with Gasteiger partial charge in [-0.1, -0.05) is 6.07 Å². The summed E-state index contributed by atoms with van der Waals surface area (Å²) in [6.45, 7) is 0.643. The normalized spacial score (nSPS) is 18.6. The van der Waals surface area contributed by atoms with Crippen LogP contribution in [0.2, 0.25) is 0 Å². The number of anilines is 1. The van der Waals surface area contributed by atoms with E-state index in [2.05, 4.69) is 10.1 Å². The van der Waals surface area contributed by atoms with Gasteiger partial charge in [0.25, 0.3) is 0 Å². The van der Waals surface area contributed by atoms with E-state index < -0.39 is 5.82 Å². The van der Waals surface area contributed by atoms with Crippen molar-refractivity contribution in [2.24, 2.45) is 0 Å². The molecule has 3 N–H and O–H groups in total. The van der Waals surface area contributed by atoms with Gasteiger partial charge in [-0.15, -0.1) is 5.10 Å². The van der Waals surface area contributed by atoms with Gasteiger partial charge in [0.05, 0.1) is 0 Å². The Hall–Kier alpha value is -2.11. The fourth-order valence-electron chi connectivity index (χ4n) is 2.38. The van der Waals surface area contributed by atoms with Crippen molar-refractivity contribution in [3.8, 4) is 5.75 Å². The first-order chi connectivity index (χ1) is 8.63. The summed E-state index contributed by atoms with van der Waals surface area (Å²) in [5, 5.41) is 13.3. The smallest absolute Gasteiger partial charge is 0.239 e. The first-order valence-electron chi connectivity index (χ1n) is 5.81. The molecular formula is C12H13FN4O. The number of nitrogen functional groups attached to an aromatic ring is 1. The Morgan fingerprint density at radius 1 is 1.44 bits per heavy atom. The van der Waals surface area contributed by atoms with Gasteiger partial charge in [-0.25, -0.2) is 9.07 Å². The van der Waals surface area contributed by atoms with E-state index in [4.69, 9.17) is 5.73 Å². The Morgan fingerprint density at radius 2 is 2.28 bits per heavy atom. The molecule has 1 aliphatic heterocycles. The summed E-state index contributed by atoms with van der Waals surface area (Å²) in [4.78, 5) is 4.13. The Bertz CT molecular complexity index is 596. The van der Waals surface area contributed by atoms with Gasteiger partial charge in [-0.2, -0.15) is 4.98 Å². The van der Waals surface area contributed by atoms with E-state index in [1.165, 1.54) is 12.1 Å². The largest absolute Gasteiger partial charge is 0.505 e. The minimum Gasteiger partial charge on any atom is -0.505 e. The predicted octanol–water partition coefficient (Wildman–Crippen LogP) is 1.43. The fourth-order valence-corrected chi connectivity index (χ4v) is 2.38. The molecule has 0 saturated heterocycles. The first-order valence-corrected chi connectivity index (χ1v) is 5.81. The van der Waals surface area contributed by atoms with Crippen LogP contribution in [0.3, 0.4) is 0 Å². The highest BCUT2D eigenvalue weighted by Gasteiger charge is 2.23. The fraction of sp³-hybridized carbons (Fsp3) is 0.333. The second-order valence-corrected chi connectivity index (χ2v) is 4.51. The van der Waals surface area contributed by atoms with Gasteiger partial charge in [-0.3, -0.25) is 0 Å². The number of nitrogens with two attached hydrogens (primary N) is 1. The summed E-state index contributed by atoms with van der Waals surface area (Å²) >= 11 is 0. The molecule has 3 rings (SSSR count). The van der Waals surface area contributed by atoms with Gasteiger partial charge in [0.15, 0.2) is 11.6 Å². The van der Waals surface area contributed by atoms with Crippen LogP contribution in [-0.2, 0) is 13.0 Å². The number of benzene rings is 1. The van der Waals surface area contributed by atoms with E-state index in [0.717, 1.165) is 24.2 Å². The number of phenolic OH excluding ortho intramolecular Hbond substituents is 1. The molecule has 1 unspecified atom stereocenters. The molecule has 0 fully saturated rings. The van der Waals surface area contributed by atoms with Crippen molar-refractivity contribution in [1.29, 1.82) is 0 Å². The van der Waals surface area contributed by atoms with E-state index in [9.17, 15) is 9.50 Å². The summed E-state index contributed by atoms with van der Waals surface area (Å²) in [7, 11) is 0. The van der Waals surface area contributed by atoms with E-state index in [0.29, 0.717) is 6.54 Å². The van der Waals surface area contributed by atoms with E-state index in [-0.39, 0.29) is 17.6 Å². The zero-order chi connectivity index (χ0) is 12.7. The SMILES string of the molecule is Nc1nc2n(n1)CC(c1ccc(O)c(F)c1)CC2. The molecule has 1 aromatic heterocycles. The van der Waals surface area contributed by atoms with Crippen molar-refractivity contribution in [2.75, 3.05) is 5.73 Å². The molecule has 0 bridgehead atoms. The highest BCUT2D eigenvalue weighted by molar-refractivity contribution is 5.31. The van der Waals surface area contributed by atoms with Gasteiger partial charge < -0.3 is 10.8 Å². The molecule has 0 saturated carbocycles. The van der Waals surface area contributed by atoms with Gasteiger partial charge in [0, 0.05) is 18.9 Å². The third-order valence-corrected chi connectivity index (χ3v) is 3.32. The lowest BCUT2D eigenvalue weighted by atomic mass is 9.91. The molecule has 1 aliphatic rings. The van der Waals surface area contributed by atoms with Gasteiger partial charge >= 0.3 is 0 Å². The van der Waals surface area contributed by atoms with Crippen LogP contribution < -0.4 is 5.73 Å². The Kier molecular flexibility index (Phi) is 2.43. The molecule has 1 aromatic carbocycles. The molecule has 1 atom stereocenters. The molecule has 0 aliphatic carbocycles. The second kappa shape index (κ2) is 3.97. The minimum atomic E-state index is -0.587. The lowest BCUT2D eigenvalue weighted by Crippen LogP contribution is -2.20. The number of rotatable bonds is 1. The average Bonchev–Trinajstić information content (AvgIpc) is 2.71. The number of nitrogens with zero attached hydrogens (tertiary/aromatic N) is 3. The highest BCUT2D eigenvalue weighted by Crippen LogP contribution is 2.30. The third kappa shape index (κ3) is 1.79. The summed E-state index contributed by atoms with van der Waals surface area (Å²) in [6, 6.07) is 4.51. The number of aromatic nitrogens is 3. The minimum absolute atomic E-state index is 0.175. The molecule has 94 valence electrons. The van der Waals surface area contributed by atoms with Crippen molar-refractivity contribution in [1.82, 2.24) is 14.8 Å². The number of aryl methyl sites for hydroxylation is 1. The number of fused-ring (bicyclic) bond motifs is 1. The lowest BCUT2D eigenvalue weighted by molar-refractivity contribution is 0.414. The molecular weight excluding hydrogens is 235 g/mol. The van der Waals surface area contributed by atoms with Crippen LogP contribution >= 0.6 is 0 Å². The summed E-state index contributed by atoms with van der Waals surface area (Å²) in [6.07, 6.45) is 1.65. The van der Waals surface area contributed by atoms with Crippen LogP contribution in [0.5, 0.6) is 5.75 Å². The maximum absolute atomic E-state index is 13.3. The average molecular weight is 248 g/mol. The molecule has 2 heterocycles. The van der Waals surface area contributed by atoms with Crippen molar-refractivity contribution in [2.45, 2.75) is 25.3 Å². The third-order valence-electron chi connectivity index (χ3n) is 3.32. The lowest BCUT2D eigenvalue weighted by Gasteiger charge is -2.22. The number of hydrogen-bond donors (Lipinski definition) is 2. The molecule has 0 spiro atoms. The molecule has 0 radical (unpaired) electrons. The van der Waals surface area contributed by atoms with Crippen LogP contribution in [0.1, 0.15) is 23.7 Å². The summed E-state index contributed by atoms with van der Waals surface area (Å²) < 4.78 is 15.1. The zero-order valence-electron chi connectivity index (χ0n) is 9.67. The maximum Gasteiger partial charge on any atom is 0.239 e.